The quantitative estimate of drug-likeness (QED) is 0.589. The van der Waals surface area contributed by atoms with Crippen molar-refractivity contribution in [2.75, 3.05) is 30.2 Å². The molecule has 3 aromatic rings. The Kier molecular flexibility index (Phi) is 6.26. The summed E-state index contributed by atoms with van der Waals surface area (Å²) in [5.74, 6) is 0.675. The van der Waals surface area contributed by atoms with Crippen molar-refractivity contribution >= 4 is 29.0 Å². The van der Waals surface area contributed by atoms with Crippen LogP contribution in [-0.4, -0.2) is 31.1 Å². The lowest BCUT2D eigenvalue weighted by atomic mass is 10.2. The number of carbonyl (C=O) groups is 2. The van der Waals surface area contributed by atoms with Crippen molar-refractivity contribution in [2.24, 2.45) is 0 Å². The van der Waals surface area contributed by atoms with Crippen LogP contribution < -0.4 is 25.4 Å². The molecule has 3 rings (SSSR count). The molecule has 0 saturated heterocycles. The van der Waals surface area contributed by atoms with Gasteiger partial charge in [-0.3, -0.25) is 9.78 Å². The Hall–Kier alpha value is -4.07. The van der Waals surface area contributed by atoms with Gasteiger partial charge in [-0.2, -0.15) is 0 Å². The summed E-state index contributed by atoms with van der Waals surface area (Å²) >= 11 is 0. The van der Waals surface area contributed by atoms with Crippen LogP contribution >= 0.6 is 0 Å². The van der Waals surface area contributed by atoms with Gasteiger partial charge in [-0.25, -0.2) is 4.79 Å². The van der Waals surface area contributed by atoms with Crippen LogP contribution in [0.15, 0.2) is 66.9 Å². The van der Waals surface area contributed by atoms with Crippen molar-refractivity contribution in [3.05, 3.63) is 72.6 Å². The smallest absolute Gasteiger partial charge is 0.323 e. The van der Waals surface area contributed by atoms with Crippen molar-refractivity contribution in [3.8, 4) is 11.5 Å². The van der Waals surface area contributed by atoms with Crippen LogP contribution in [0.5, 0.6) is 11.5 Å². The molecular weight excluding hydrogens is 372 g/mol. The number of rotatable bonds is 6. The Morgan fingerprint density at radius 1 is 0.793 bits per heavy atom. The average molecular weight is 392 g/mol. The molecule has 29 heavy (non-hydrogen) atoms. The Labute approximate surface area is 167 Å². The van der Waals surface area contributed by atoms with Gasteiger partial charge in [0.15, 0.2) is 11.5 Å². The highest BCUT2D eigenvalue weighted by molar-refractivity contribution is 6.07. The molecule has 0 saturated carbocycles. The number of para-hydroxylation sites is 2. The number of hydrogen-bond donors (Lipinski definition) is 3. The SMILES string of the molecule is COc1ccc(NC(=O)Nc2ccccc2NC(=O)c2ccccn2)cc1OC. The van der Waals surface area contributed by atoms with E-state index >= 15 is 0 Å². The van der Waals surface area contributed by atoms with Crippen molar-refractivity contribution in [1.82, 2.24) is 4.98 Å². The van der Waals surface area contributed by atoms with Crippen LogP contribution in [0.3, 0.4) is 0 Å². The highest BCUT2D eigenvalue weighted by Crippen LogP contribution is 2.30. The molecule has 2 aromatic carbocycles. The van der Waals surface area contributed by atoms with Gasteiger partial charge in [0.1, 0.15) is 5.69 Å². The molecule has 8 nitrogen and oxygen atoms in total. The number of nitrogens with zero attached hydrogens (tertiary/aromatic N) is 1. The fraction of sp³-hybridized carbons (Fsp3) is 0.0952. The molecule has 3 N–H and O–H groups in total. The summed E-state index contributed by atoms with van der Waals surface area (Å²) in [4.78, 5) is 28.8. The zero-order valence-corrected chi connectivity index (χ0v) is 15.9. The van der Waals surface area contributed by atoms with Crippen LogP contribution in [-0.2, 0) is 0 Å². The number of ether oxygens (including phenoxy) is 2. The molecule has 1 heterocycles. The number of pyridine rings is 1. The molecule has 0 fully saturated rings. The van der Waals surface area contributed by atoms with E-state index in [9.17, 15) is 9.59 Å². The van der Waals surface area contributed by atoms with E-state index in [4.69, 9.17) is 9.47 Å². The Morgan fingerprint density at radius 3 is 2.14 bits per heavy atom. The molecule has 0 aliphatic heterocycles. The topological polar surface area (TPSA) is 102 Å². The first-order valence-electron chi connectivity index (χ1n) is 8.72. The maximum Gasteiger partial charge on any atom is 0.323 e. The zero-order valence-electron chi connectivity index (χ0n) is 15.9. The first-order chi connectivity index (χ1) is 14.1. The highest BCUT2D eigenvalue weighted by atomic mass is 16.5. The molecule has 0 aliphatic rings. The first kappa shape index (κ1) is 19.7. The van der Waals surface area contributed by atoms with Crippen LogP contribution in [0.1, 0.15) is 10.5 Å². The van der Waals surface area contributed by atoms with Crippen LogP contribution in [0.4, 0.5) is 21.9 Å². The Balaban J connectivity index is 1.70. The normalized spacial score (nSPS) is 10.0. The minimum atomic E-state index is -0.475. The summed E-state index contributed by atoms with van der Waals surface area (Å²) < 4.78 is 10.4. The third-order valence-corrected chi connectivity index (χ3v) is 3.96. The van der Waals surface area contributed by atoms with E-state index < -0.39 is 6.03 Å². The van der Waals surface area contributed by atoms with E-state index in [0.717, 1.165) is 0 Å². The largest absolute Gasteiger partial charge is 0.493 e. The molecule has 0 bridgehead atoms. The van der Waals surface area contributed by atoms with Gasteiger partial charge in [-0.1, -0.05) is 18.2 Å². The van der Waals surface area contributed by atoms with E-state index in [2.05, 4.69) is 20.9 Å². The van der Waals surface area contributed by atoms with Gasteiger partial charge >= 0.3 is 6.03 Å². The second-order valence-electron chi connectivity index (χ2n) is 5.86. The summed E-state index contributed by atoms with van der Waals surface area (Å²) in [5, 5.41) is 8.19. The van der Waals surface area contributed by atoms with E-state index in [1.165, 1.54) is 20.4 Å². The Bertz CT molecular complexity index is 1010. The van der Waals surface area contributed by atoms with Crippen molar-refractivity contribution in [1.29, 1.82) is 0 Å². The zero-order chi connectivity index (χ0) is 20.6. The van der Waals surface area contributed by atoms with Gasteiger partial charge in [-0.05, 0) is 36.4 Å². The van der Waals surface area contributed by atoms with Gasteiger partial charge in [0.2, 0.25) is 0 Å². The number of anilines is 3. The molecule has 1 aromatic heterocycles. The lowest BCUT2D eigenvalue weighted by Crippen LogP contribution is -2.21. The highest BCUT2D eigenvalue weighted by Gasteiger charge is 2.12. The molecule has 0 aliphatic carbocycles. The fourth-order valence-electron chi connectivity index (χ4n) is 2.58. The fourth-order valence-corrected chi connectivity index (χ4v) is 2.58. The molecule has 148 valence electrons. The van der Waals surface area contributed by atoms with Crippen LogP contribution in [0.2, 0.25) is 0 Å². The summed E-state index contributed by atoms with van der Waals surface area (Å²) in [7, 11) is 3.05. The van der Waals surface area contributed by atoms with Gasteiger partial charge < -0.3 is 25.4 Å². The molecule has 0 unspecified atom stereocenters. The van der Waals surface area contributed by atoms with E-state index in [1.807, 2.05) is 0 Å². The molecule has 0 atom stereocenters. The predicted molar refractivity (Wildman–Crippen MR) is 111 cm³/mol. The van der Waals surface area contributed by atoms with Crippen molar-refractivity contribution in [2.45, 2.75) is 0 Å². The minimum absolute atomic E-state index is 0.275. The summed E-state index contributed by atoms with van der Waals surface area (Å²) in [6.07, 6.45) is 1.54. The van der Waals surface area contributed by atoms with Crippen LogP contribution in [0.25, 0.3) is 0 Å². The molecule has 0 spiro atoms. The van der Waals surface area contributed by atoms with Crippen molar-refractivity contribution in [3.63, 3.8) is 0 Å². The van der Waals surface area contributed by atoms with E-state index in [1.54, 1.807) is 60.7 Å². The van der Waals surface area contributed by atoms with E-state index in [-0.39, 0.29) is 11.6 Å². The van der Waals surface area contributed by atoms with Crippen molar-refractivity contribution < 1.29 is 19.1 Å². The van der Waals surface area contributed by atoms with Gasteiger partial charge in [0.25, 0.3) is 5.91 Å². The number of methoxy groups -OCH3 is 2. The Morgan fingerprint density at radius 2 is 1.48 bits per heavy atom. The maximum absolute atomic E-state index is 12.4. The molecular formula is C21H20N4O4. The molecule has 8 heteroatoms. The average Bonchev–Trinajstić information content (AvgIpc) is 2.75. The third-order valence-electron chi connectivity index (χ3n) is 3.96. The number of benzene rings is 2. The standard InChI is InChI=1S/C21H20N4O4/c1-28-18-11-10-14(13-19(18)29-2)23-21(27)25-16-8-4-3-7-15(16)24-20(26)17-9-5-6-12-22-17/h3-13H,1-2H3,(H,24,26)(H2,23,25,27). The van der Waals surface area contributed by atoms with Gasteiger partial charge in [0, 0.05) is 18.0 Å². The lowest BCUT2D eigenvalue weighted by Gasteiger charge is -2.14. The number of urea groups is 1. The number of nitrogens with one attached hydrogen (secondary N) is 3. The molecule has 3 amide bonds. The predicted octanol–water partition coefficient (Wildman–Crippen LogP) is 4.00. The lowest BCUT2D eigenvalue weighted by molar-refractivity contribution is 0.102. The second-order valence-corrected chi connectivity index (χ2v) is 5.86. The summed E-state index contributed by atoms with van der Waals surface area (Å²) in [5.41, 5.74) is 1.69. The third kappa shape index (κ3) is 5.01. The summed E-state index contributed by atoms with van der Waals surface area (Å²) in [6.45, 7) is 0. The number of amides is 3. The van der Waals surface area contributed by atoms with Crippen LogP contribution in [0, 0.1) is 0 Å². The van der Waals surface area contributed by atoms with E-state index in [0.29, 0.717) is 28.6 Å². The first-order valence-corrected chi connectivity index (χ1v) is 8.72. The number of carbonyl (C=O) groups excluding carboxylic acids is 2. The summed E-state index contributed by atoms with van der Waals surface area (Å²) in [6, 6.07) is 16.5. The number of hydrogen-bond acceptors (Lipinski definition) is 5. The monoisotopic (exact) mass is 392 g/mol. The van der Waals surface area contributed by atoms with Gasteiger partial charge in [-0.15, -0.1) is 0 Å². The van der Waals surface area contributed by atoms with Gasteiger partial charge in [0.05, 0.1) is 25.6 Å². The maximum atomic E-state index is 12.4. The number of aromatic nitrogens is 1. The second kappa shape index (κ2) is 9.23. The molecule has 0 radical (unpaired) electrons. The minimum Gasteiger partial charge on any atom is -0.493 e.